The van der Waals surface area contributed by atoms with Crippen molar-refractivity contribution in [3.05, 3.63) is 32.2 Å². The van der Waals surface area contributed by atoms with E-state index in [1.807, 2.05) is 20.8 Å². The molecule has 0 aliphatic carbocycles. The number of allylic oxidation sites excluding steroid dienone is 2. The van der Waals surface area contributed by atoms with Gasteiger partial charge < -0.3 is 25.9 Å². The van der Waals surface area contributed by atoms with Crippen LogP contribution in [0.1, 0.15) is 101 Å². The van der Waals surface area contributed by atoms with Crippen LogP contribution in [0.3, 0.4) is 0 Å². The van der Waals surface area contributed by atoms with Crippen LogP contribution in [-0.4, -0.2) is 57.9 Å². The third-order valence-corrected chi connectivity index (χ3v) is 5.33. The molecule has 0 radical (unpaired) electrons. The summed E-state index contributed by atoms with van der Waals surface area (Å²) in [5.41, 5.74) is -0.492. The summed E-state index contributed by atoms with van der Waals surface area (Å²) in [5, 5.41) is 0.934. The number of unbranched alkanes of at least 4 members (excludes halogenated alkanes) is 1. The van der Waals surface area contributed by atoms with Crippen molar-refractivity contribution in [3.63, 3.8) is 0 Å². The van der Waals surface area contributed by atoms with Crippen LogP contribution < -0.4 is 18.9 Å². The fourth-order valence-corrected chi connectivity index (χ4v) is 3.21. The Kier molecular flexibility index (Phi) is 53.7. The molecule has 41 heavy (non-hydrogen) atoms. The first-order valence-electron chi connectivity index (χ1n) is 14.7. The molecule has 0 saturated carbocycles. The molecular formula is C33H66BrLiO6. The van der Waals surface area contributed by atoms with Crippen molar-refractivity contribution < 1.29 is 47.4 Å². The van der Waals surface area contributed by atoms with Gasteiger partial charge in [0.25, 0.3) is 0 Å². The second kappa shape index (κ2) is 41.6. The normalized spacial score (nSPS) is 11.6. The maximum atomic E-state index is 11.6. The predicted octanol–water partition coefficient (Wildman–Crippen LogP) is 6.27. The standard InChI is InChI=1S/C11H20O3.C8H14O2.C7H16.C4H9.C3H7BrO.Li/c1-5-7-11(3,8-9-13-4)10(12)14-6-2;1-4-6-7(3)8(9)10-5-2;1-6(2)5-7(3)4;1-3-4-2;1-5-3-2-4;/h5H,1,6-9H2,2-4H3;4,7H,1,5-6H2,2-3H3;6-7H,5H2,1-4H3;1,3-4H2,2H3;2-3H2,1H3;/q;;;-1;;+1. The maximum absolute atomic E-state index is 11.6. The molecule has 242 valence electrons. The van der Waals surface area contributed by atoms with Gasteiger partial charge in [0.05, 0.1) is 31.2 Å². The Balaban J connectivity index is -0.0000000998. The van der Waals surface area contributed by atoms with E-state index in [0.29, 0.717) is 39.1 Å². The fourth-order valence-electron chi connectivity index (χ4n) is 2.89. The Morgan fingerprint density at radius 3 is 1.61 bits per heavy atom. The van der Waals surface area contributed by atoms with Gasteiger partial charge in [0.2, 0.25) is 0 Å². The molecular weight excluding hydrogens is 579 g/mol. The Bertz CT molecular complexity index is 548. The number of esters is 2. The summed E-state index contributed by atoms with van der Waals surface area (Å²) < 4.78 is 19.4. The molecule has 0 fully saturated rings. The second-order valence-corrected chi connectivity index (χ2v) is 11.0. The van der Waals surface area contributed by atoms with Crippen molar-refractivity contribution in [2.45, 2.75) is 101 Å². The summed E-state index contributed by atoms with van der Waals surface area (Å²) in [6.07, 6.45) is 9.08. The summed E-state index contributed by atoms with van der Waals surface area (Å²) in [6, 6.07) is 0. The topological polar surface area (TPSA) is 71.1 Å². The second-order valence-electron chi connectivity index (χ2n) is 10.3. The SMILES string of the molecule is C=CCC(C)(CCOC)C(=O)OCC.C=CCC(C)C(=O)OCC.CC(C)CC(C)C.COCCBr.[CH2-]CCC.[Li+]. The molecule has 2 atom stereocenters. The van der Waals surface area contributed by atoms with E-state index in [9.17, 15) is 9.59 Å². The van der Waals surface area contributed by atoms with Gasteiger partial charge in [-0.05, 0) is 58.3 Å². The van der Waals surface area contributed by atoms with Gasteiger partial charge in [0.1, 0.15) is 0 Å². The number of rotatable bonds is 16. The number of hydrogen-bond donors (Lipinski definition) is 0. The van der Waals surface area contributed by atoms with Crippen molar-refractivity contribution in [2.24, 2.45) is 23.2 Å². The van der Waals surface area contributed by atoms with Gasteiger partial charge in [-0.25, -0.2) is 0 Å². The first kappa shape index (κ1) is 53.0. The molecule has 0 aliphatic heterocycles. The predicted molar refractivity (Wildman–Crippen MR) is 177 cm³/mol. The van der Waals surface area contributed by atoms with Crippen molar-refractivity contribution >= 4 is 27.9 Å². The minimum absolute atomic E-state index is 0. The van der Waals surface area contributed by atoms with Crippen LogP contribution in [0.2, 0.25) is 0 Å². The Morgan fingerprint density at radius 2 is 1.37 bits per heavy atom. The number of carbonyl (C=O) groups is 2. The van der Waals surface area contributed by atoms with E-state index in [4.69, 9.17) is 14.2 Å². The van der Waals surface area contributed by atoms with Crippen LogP contribution in [0, 0.1) is 30.1 Å². The van der Waals surface area contributed by atoms with E-state index in [1.54, 1.807) is 33.3 Å². The fraction of sp³-hybridized carbons (Fsp3) is 0.788. The first-order valence-corrected chi connectivity index (χ1v) is 15.8. The summed E-state index contributed by atoms with van der Waals surface area (Å²) in [4.78, 5) is 22.5. The Hall–Kier alpha value is -0.583. The van der Waals surface area contributed by atoms with Crippen LogP contribution in [0.25, 0.3) is 0 Å². The monoisotopic (exact) mass is 644 g/mol. The molecule has 0 aromatic carbocycles. The maximum Gasteiger partial charge on any atom is 1.00 e. The number of carbonyl (C=O) groups excluding carboxylic acids is 2. The third kappa shape index (κ3) is 46.6. The average molecular weight is 646 g/mol. The van der Waals surface area contributed by atoms with Crippen molar-refractivity contribution in [3.8, 4) is 0 Å². The molecule has 2 unspecified atom stereocenters. The van der Waals surface area contributed by atoms with Gasteiger partial charge >= 0.3 is 30.8 Å². The third-order valence-electron chi connectivity index (χ3n) is 5.01. The van der Waals surface area contributed by atoms with Gasteiger partial charge in [-0.1, -0.05) is 76.0 Å². The molecule has 0 saturated heterocycles. The van der Waals surface area contributed by atoms with Crippen LogP contribution in [-0.2, 0) is 28.5 Å². The molecule has 8 heteroatoms. The molecule has 0 bridgehead atoms. The van der Waals surface area contributed by atoms with Crippen LogP contribution in [0.5, 0.6) is 0 Å². The molecule has 6 nitrogen and oxygen atoms in total. The van der Waals surface area contributed by atoms with E-state index in [1.165, 1.54) is 12.8 Å². The van der Waals surface area contributed by atoms with Gasteiger partial charge in [-0.2, -0.15) is 6.42 Å². The van der Waals surface area contributed by atoms with E-state index in [2.05, 4.69) is 75.4 Å². The number of halogens is 1. The quantitative estimate of drug-likeness (QED) is 0.0648. The first-order chi connectivity index (χ1) is 18.8. The van der Waals surface area contributed by atoms with Crippen LogP contribution in [0.4, 0.5) is 0 Å². The Morgan fingerprint density at radius 1 is 0.902 bits per heavy atom. The molecule has 0 N–H and O–H groups in total. The zero-order chi connectivity index (χ0) is 32.4. The van der Waals surface area contributed by atoms with E-state index in [-0.39, 0.29) is 36.7 Å². The number of alkyl halides is 1. The molecule has 0 rings (SSSR count). The number of ether oxygens (including phenoxy) is 4. The number of methoxy groups -OCH3 is 2. The summed E-state index contributed by atoms with van der Waals surface area (Å²) in [6.45, 7) is 31.5. The van der Waals surface area contributed by atoms with Crippen LogP contribution >= 0.6 is 15.9 Å². The van der Waals surface area contributed by atoms with Gasteiger partial charge in [-0.15, -0.1) is 13.2 Å². The Labute approximate surface area is 276 Å². The van der Waals surface area contributed by atoms with Crippen molar-refractivity contribution in [1.29, 1.82) is 0 Å². The summed E-state index contributed by atoms with van der Waals surface area (Å²) >= 11 is 3.18. The minimum Gasteiger partial charge on any atom is -0.466 e. The summed E-state index contributed by atoms with van der Waals surface area (Å²) in [7, 11) is 3.31. The van der Waals surface area contributed by atoms with Gasteiger partial charge in [0, 0.05) is 26.2 Å². The van der Waals surface area contributed by atoms with E-state index in [0.717, 1.165) is 30.2 Å². The van der Waals surface area contributed by atoms with Gasteiger partial charge in [0.15, 0.2) is 0 Å². The van der Waals surface area contributed by atoms with Gasteiger partial charge in [-0.3, -0.25) is 9.59 Å². The molecule has 0 heterocycles. The van der Waals surface area contributed by atoms with E-state index < -0.39 is 5.41 Å². The average Bonchev–Trinajstić information content (AvgIpc) is 2.89. The van der Waals surface area contributed by atoms with Crippen LogP contribution in [0.15, 0.2) is 25.3 Å². The van der Waals surface area contributed by atoms with Crippen molar-refractivity contribution in [1.82, 2.24) is 0 Å². The van der Waals surface area contributed by atoms with E-state index >= 15 is 0 Å². The molecule has 0 aliphatic rings. The molecule has 0 spiro atoms. The minimum atomic E-state index is -0.492. The number of hydrogen-bond acceptors (Lipinski definition) is 6. The smallest absolute Gasteiger partial charge is 0.466 e. The zero-order valence-corrected chi connectivity index (χ0v) is 30.7. The summed E-state index contributed by atoms with van der Waals surface area (Å²) in [5.74, 6) is 1.40. The molecule has 0 amide bonds. The zero-order valence-electron chi connectivity index (χ0n) is 29.1. The molecule has 0 aromatic rings. The van der Waals surface area contributed by atoms with Crippen molar-refractivity contribution in [2.75, 3.05) is 46.0 Å². The molecule has 0 aromatic heterocycles. The largest absolute Gasteiger partial charge is 1.00 e.